The molecule has 0 amide bonds. The maximum Gasteiger partial charge on any atom is 0.123 e. The molecule has 0 atom stereocenters. The van der Waals surface area contributed by atoms with Crippen LogP contribution in [0.25, 0.3) is 0 Å². The number of nitrogen functional groups attached to an aromatic ring is 1. The van der Waals surface area contributed by atoms with Gasteiger partial charge in [0.15, 0.2) is 0 Å². The summed E-state index contributed by atoms with van der Waals surface area (Å²) < 4.78 is 6.45. The SMILES string of the molecule is CC(C)(C)CCOc1ccc(C(=N)N)c(Br)c1. The van der Waals surface area contributed by atoms with Crippen LogP contribution in [0.3, 0.4) is 0 Å². The third-order valence-corrected chi connectivity index (χ3v) is 3.01. The van der Waals surface area contributed by atoms with E-state index in [-0.39, 0.29) is 11.3 Å². The molecule has 4 heteroatoms. The highest BCUT2D eigenvalue weighted by Gasteiger charge is 2.10. The van der Waals surface area contributed by atoms with Gasteiger partial charge in [-0.25, -0.2) is 0 Å². The van der Waals surface area contributed by atoms with E-state index in [2.05, 4.69) is 36.7 Å². The van der Waals surface area contributed by atoms with E-state index in [1.165, 1.54) is 0 Å². The van der Waals surface area contributed by atoms with Crippen molar-refractivity contribution in [1.29, 1.82) is 5.41 Å². The second-order valence-corrected chi connectivity index (χ2v) is 6.07. The number of hydrogen-bond acceptors (Lipinski definition) is 2. The van der Waals surface area contributed by atoms with Gasteiger partial charge in [-0.1, -0.05) is 20.8 Å². The van der Waals surface area contributed by atoms with Crippen molar-refractivity contribution in [3.63, 3.8) is 0 Å². The van der Waals surface area contributed by atoms with Crippen LogP contribution in [0.2, 0.25) is 0 Å². The molecule has 0 spiro atoms. The van der Waals surface area contributed by atoms with Crippen molar-refractivity contribution in [2.75, 3.05) is 6.61 Å². The second-order valence-electron chi connectivity index (χ2n) is 5.21. The molecule has 1 rings (SSSR count). The van der Waals surface area contributed by atoms with E-state index in [1.807, 2.05) is 12.1 Å². The summed E-state index contributed by atoms with van der Waals surface area (Å²) >= 11 is 3.38. The Bertz CT molecular complexity index is 410. The predicted molar refractivity (Wildman–Crippen MR) is 74.7 cm³/mol. The number of ether oxygens (including phenoxy) is 1. The summed E-state index contributed by atoms with van der Waals surface area (Å²) in [5.74, 6) is 0.851. The average Bonchev–Trinajstić information content (AvgIpc) is 2.15. The third-order valence-electron chi connectivity index (χ3n) is 2.35. The fourth-order valence-corrected chi connectivity index (χ4v) is 1.85. The standard InChI is InChI=1S/C13H19BrN2O/c1-13(2,3)6-7-17-9-4-5-10(12(15)16)11(14)8-9/h4-5,8H,6-7H2,1-3H3,(H3,15,16). The number of nitrogens with two attached hydrogens (primary N) is 1. The molecule has 1 aromatic carbocycles. The van der Waals surface area contributed by atoms with Gasteiger partial charge in [-0.2, -0.15) is 0 Å². The molecule has 0 aliphatic carbocycles. The third kappa shape index (κ3) is 4.77. The van der Waals surface area contributed by atoms with Crippen LogP contribution in [0, 0.1) is 10.8 Å². The molecule has 0 aliphatic heterocycles. The maximum atomic E-state index is 7.37. The van der Waals surface area contributed by atoms with E-state index in [0.29, 0.717) is 12.2 Å². The molecule has 17 heavy (non-hydrogen) atoms. The highest BCUT2D eigenvalue weighted by molar-refractivity contribution is 9.10. The zero-order chi connectivity index (χ0) is 13.1. The van der Waals surface area contributed by atoms with Gasteiger partial charge in [0.1, 0.15) is 11.6 Å². The molecular weight excluding hydrogens is 280 g/mol. The predicted octanol–water partition coefficient (Wildman–Crippen LogP) is 3.55. The Kier molecular flexibility index (Phi) is 4.57. The van der Waals surface area contributed by atoms with E-state index in [0.717, 1.165) is 16.6 Å². The Morgan fingerprint density at radius 2 is 2.06 bits per heavy atom. The van der Waals surface area contributed by atoms with Crippen molar-refractivity contribution in [1.82, 2.24) is 0 Å². The van der Waals surface area contributed by atoms with E-state index in [9.17, 15) is 0 Å². The van der Waals surface area contributed by atoms with Crippen molar-refractivity contribution in [2.45, 2.75) is 27.2 Å². The van der Waals surface area contributed by atoms with Gasteiger partial charge in [0, 0.05) is 10.0 Å². The van der Waals surface area contributed by atoms with Crippen LogP contribution < -0.4 is 10.5 Å². The van der Waals surface area contributed by atoms with Gasteiger partial charge >= 0.3 is 0 Å². The van der Waals surface area contributed by atoms with Crippen LogP contribution in [-0.4, -0.2) is 12.4 Å². The zero-order valence-electron chi connectivity index (χ0n) is 10.5. The molecule has 0 aliphatic rings. The van der Waals surface area contributed by atoms with Gasteiger partial charge in [0.05, 0.1) is 6.61 Å². The molecule has 0 saturated carbocycles. The van der Waals surface area contributed by atoms with Crippen molar-refractivity contribution in [2.24, 2.45) is 11.1 Å². The minimum absolute atomic E-state index is 0.0538. The Labute approximate surface area is 111 Å². The average molecular weight is 299 g/mol. The number of amidine groups is 1. The highest BCUT2D eigenvalue weighted by atomic mass is 79.9. The molecule has 0 saturated heterocycles. The first-order valence-corrected chi connectivity index (χ1v) is 6.36. The Morgan fingerprint density at radius 1 is 1.41 bits per heavy atom. The summed E-state index contributed by atoms with van der Waals surface area (Å²) in [6.45, 7) is 7.25. The van der Waals surface area contributed by atoms with Crippen LogP contribution in [0.1, 0.15) is 32.8 Å². The van der Waals surface area contributed by atoms with E-state index < -0.39 is 0 Å². The molecule has 0 aromatic heterocycles. The molecule has 0 bridgehead atoms. The number of rotatable bonds is 4. The number of benzene rings is 1. The van der Waals surface area contributed by atoms with E-state index in [1.54, 1.807) is 6.07 Å². The highest BCUT2D eigenvalue weighted by Crippen LogP contribution is 2.24. The lowest BCUT2D eigenvalue weighted by Crippen LogP contribution is -2.13. The van der Waals surface area contributed by atoms with Crippen LogP contribution in [0.4, 0.5) is 0 Å². The summed E-state index contributed by atoms with van der Waals surface area (Å²) in [6, 6.07) is 5.47. The summed E-state index contributed by atoms with van der Waals surface area (Å²) in [5, 5.41) is 7.37. The number of nitrogens with one attached hydrogen (secondary N) is 1. The van der Waals surface area contributed by atoms with Gasteiger partial charge in [0.25, 0.3) is 0 Å². The quantitative estimate of drug-likeness (QED) is 0.660. The molecule has 3 nitrogen and oxygen atoms in total. The van der Waals surface area contributed by atoms with Crippen molar-refractivity contribution >= 4 is 21.8 Å². The van der Waals surface area contributed by atoms with Gasteiger partial charge in [0.2, 0.25) is 0 Å². The van der Waals surface area contributed by atoms with Crippen LogP contribution >= 0.6 is 15.9 Å². The minimum Gasteiger partial charge on any atom is -0.494 e. The van der Waals surface area contributed by atoms with Crippen molar-refractivity contribution < 1.29 is 4.74 Å². The summed E-state index contributed by atoms with van der Waals surface area (Å²) in [4.78, 5) is 0. The maximum absolute atomic E-state index is 7.37. The van der Waals surface area contributed by atoms with Crippen molar-refractivity contribution in [3.8, 4) is 5.75 Å². The topological polar surface area (TPSA) is 59.1 Å². The van der Waals surface area contributed by atoms with Gasteiger partial charge in [-0.3, -0.25) is 5.41 Å². The van der Waals surface area contributed by atoms with Gasteiger partial charge in [-0.15, -0.1) is 0 Å². The fraction of sp³-hybridized carbons (Fsp3) is 0.462. The second kappa shape index (κ2) is 5.54. The lowest BCUT2D eigenvalue weighted by molar-refractivity contribution is 0.243. The van der Waals surface area contributed by atoms with Crippen LogP contribution in [0.5, 0.6) is 5.75 Å². The largest absolute Gasteiger partial charge is 0.494 e. The van der Waals surface area contributed by atoms with Crippen LogP contribution in [0.15, 0.2) is 22.7 Å². The Morgan fingerprint density at radius 3 is 2.53 bits per heavy atom. The molecule has 1 aromatic rings. The minimum atomic E-state index is 0.0538. The van der Waals surface area contributed by atoms with Crippen LogP contribution in [-0.2, 0) is 0 Å². The number of hydrogen-bond donors (Lipinski definition) is 2. The molecule has 3 N–H and O–H groups in total. The lowest BCUT2D eigenvalue weighted by Gasteiger charge is -2.18. The summed E-state index contributed by atoms with van der Waals surface area (Å²) in [5.41, 5.74) is 6.40. The van der Waals surface area contributed by atoms with Crippen molar-refractivity contribution in [3.05, 3.63) is 28.2 Å². The van der Waals surface area contributed by atoms with Gasteiger partial charge < -0.3 is 10.5 Å². The smallest absolute Gasteiger partial charge is 0.123 e. The first-order chi connectivity index (χ1) is 7.79. The molecular formula is C13H19BrN2O. The summed E-state index contributed by atoms with van der Waals surface area (Å²) in [7, 11) is 0. The van der Waals surface area contributed by atoms with Gasteiger partial charge in [-0.05, 0) is 46.0 Å². The zero-order valence-corrected chi connectivity index (χ0v) is 12.1. The molecule has 94 valence electrons. The molecule has 0 heterocycles. The number of halogens is 1. The molecule has 0 unspecified atom stereocenters. The van der Waals surface area contributed by atoms with E-state index in [4.69, 9.17) is 15.9 Å². The Hall–Kier alpha value is -1.03. The lowest BCUT2D eigenvalue weighted by atomic mass is 9.93. The molecule has 0 radical (unpaired) electrons. The Balaban J connectivity index is 2.62. The first-order valence-electron chi connectivity index (χ1n) is 5.56. The van der Waals surface area contributed by atoms with E-state index >= 15 is 0 Å². The monoisotopic (exact) mass is 298 g/mol. The molecule has 0 fully saturated rings. The first kappa shape index (κ1) is 14.0. The fourth-order valence-electron chi connectivity index (χ4n) is 1.28. The summed E-state index contributed by atoms with van der Waals surface area (Å²) in [6.07, 6.45) is 0.999. The normalized spacial score (nSPS) is 11.3.